The molecule has 0 rings (SSSR count). The fourth-order valence-electron chi connectivity index (χ4n) is 0.575. The Kier molecular flexibility index (Phi) is 3.83. The van der Waals surface area contributed by atoms with E-state index in [-0.39, 0.29) is 12.1 Å². The van der Waals surface area contributed by atoms with Crippen LogP contribution in [0.1, 0.15) is 26.7 Å². The van der Waals surface area contributed by atoms with Gasteiger partial charge < -0.3 is 10.8 Å². The van der Waals surface area contributed by atoms with Crippen molar-refractivity contribution in [2.24, 2.45) is 5.73 Å². The molecule has 0 fully saturated rings. The third-order valence-electron chi connectivity index (χ3n) is 1.38. The maximum Gasteiger partial charge on any atom is 0.0688 e. The minimum absolute atomic E-state index is 0.0278. The SMILES string of the molecule is CCC(N)[C@H](O)CC. The first-order valence-electron chi connectivity index (χ1n) is 3.16. The van der Waals surface area contributed by atoms with E-state index < -0.39 is 0 Å². The van der Waals surface area contributed by atoms with Crippen LogP contribution in [0.3, 0.4) is 0 Å². The van der Waals surface area contributed by atoms with E-state index in [1.807, 2.05) is 13.8 Å². The van der Waals surface area contributed by atoms with Gasteiger partial charge in [0.1, 0.15) is 0 Å². The lowest BCUT2D eigenvalue weighted by atomic mass is 10.1. The Bertz CT molecular complexity index is 48.5. The van der Waals surface area contributed by atoms with Crippen molar-refractivity contribution in [3.05, 3.63) is 0 Å². The normalized spacial score (nSPS) is 18.0. The average Bonchev–Trinajstić information content (AvgIpc) is 1.84. The van der Waals surface area contributed by atoms with Crippen LogP contribution < -0.4 is 5.73 Å². The molecule has 0 spiro atoms. The summed E-state index contributed by atoms with van der Waals surface area (Å²) in [5.74, 6) is 0. The second-order valence-corrected chi connectivity index (χ2v) is 2.05. The van der Waals surface area contributed by atoms with E-state index in [0.29, 0.717) is 0 Å². The van der Waals surface area contributed by atoms with Gasteiger partial charge in [-0.25, -0.2) is 0 Å². The molecule has 0 aromatic carbocycles. The smallest absolute Gasteiger partial charge is 0.0688 e. The molecular formula is C6H15NO. The summed E-state index contributed by atoms with van der Waals surface area (Å²) in [7, 11) is 0. The third-order valence-corrected chi connectivity index (χ3v) is 1.38. The molecule has 3 N–H and O–H groups in total. The number of aliphatic hydroxyl groups is 1. The lowest BCUT2D eigenvalue weighted by Gasteiger charge is -2.13. The second-order valence-electron chi connectivity index (χ2n) is 2.05. The fraction of sp³-hybridized carbons (Fsp3) is 1.00. The molecule has 0 heterocycles. The van der Waals surface area contributed by atoms with E-state index in [0.717, 1.165) is 12.8 Å². The molecule has 2 nitrogen and oxygen atoms in total. The average molecular weight is 117 g/mol. The van der Waals surface area contributed by atoms with Crippen LogP contribution in [0.5, 0.6) is 0 Å². The zero-order valence-corrected chi connectivity index (χ0v) is 5.59. The Hall–Kier alpha value is -0.0800. The van der Waals surface area contributed by atoms with Crippen molar-refractivity contribution in [2.75, 3.05) is 0 Å². The highest BCUT2D eigenvalue weighted by atomic mass is 16.3. The summed E-state index contributed by atoms with van der Waals surface area (Å²) < 4.78 is 0. The Morgan fingerprint density at radius 2 is 1.88 bits per heavy atom. The van der Waals surface area contributed by atoms with Crippen LogP contribution in [0.2, 0.25) is 0 Å². The van der Waals surface area contributed by atoms with Gasteiger partial charge >= 0.3 is 0 Å². The Morgan fingerprint density at radius 3 is 2.00 bits per heavy atom. The van der Waals surface area contributed by atoms with Crippen molar-refractivity contribution in [3.8, 4) is 0 Å². The summed E-state index contributed by atoms with van der Waals surface area (Å²) in [5, 5.41) is 9.00. The molecule has 0 aromatic heterocycles. The molecule has 0 amide bonds. The van der Waals surface area contributed by atoms with Crippen LogP contribution in [-0.2, 0) is 0 Å². The maximum atomic E-state index is 9.00. The lowest BCUT2D eigenvalue weighted by Crippen LogP contribution is -2.33. The zero-order chi connectivity index (χ0) is 6.57. The molecule has 8 heavy (non-hydrogen) atoms. The molecule has 0 aliphatic rings. The van der Waals surface area contributed by atoms with Gasteiger partial charge in [0, 0.05) is 6.04 Å². The molecule has 1 unspecified atom stereocenters. The Balaban J connectivity index is 3.29. The number of rotatable bonds is 3. The molecule has 0 aromatic rings. The summed E-state index contributed by atoms with van der Waals surface area (Å²) in [4.78, 5) is 0. The van der Waals surface area contributed by atoms with Gasteiger partial charge in [-0.1, -0.05) is 13.8 Å². The van der Waals surface area contributed by atoms with E-state index in [1.165, 1.54) is 0 Å². The van der Waals surface area contributed by atoms with Gasteiger partial charge in [-0.05, 0) is 12.8 Å². The first-order chi connectivity index (χ1) is 3.72. The summed E-state index contributed by atoms with van der Waals surface area (Å²) in [6, 6.07) is -0.0278. The highest BCUT2D eigenvalue weighted by molar-refractivity contribution is 4.67. The summed E-state index contributed by atoms with van der Waals surface area (Å²) in [6.07, 6.45) is 1.31. The predicted molar refractivity (Wildman–Crippen MR) is 34.6 cm³/mol. The van der Waals surface area contributed by atoms with Crippen LogP contribution in [0.15, 0.2) is 0 Å². The van der Waals surface area contributed by atoms with E-state index in [2.05, 4.69) is 0 Å². The van der Waals surface area contributed by atoms with Gasteiger partial charge in [0.25, 0.3) is 0 Å². The van der Waals surface area contributed by atoms with Crippen LogP contribution >= 0.6 is 0 Å². The third kappa shape index (κ3) is 2.28. The summed E-state index contributed by atoms with van der Waals surface area (Å²) in [6.45, 7) is 3.91. The number of hydrogen-bond donors (Lipinski definition) is 2. The molecule has 2 heteroatoms. The van der Waals surface area contributed by atoms with Gasteiger partial charge in [0.05, 0.1) is 6.10 Å². The molecule has 0 saturated carbocycles. The predicted octanol–water partition coefficient (Wildman–Crippen LogP) is 0.495. The molecule has 0 aliphatic carbocycles. The standard InChI is InChI=1S/C6H15NO/c1-3-5(7)6(8)4-2/h5-6,8H,3-4,7H2,1-2H3/t5?,6-/m1/s1. The molecule has 0 saturated heterocycles. The molecular weight excluding hydrogens is 102 g/mol. The molecule has 0 bridgehead atoms. The largest absolute Gasteiger partial charge is 0.392 e. The molecule has 0 radical (unpaired) electrons. The Labute approximate surface area is 50.7 Å². The summed E-state index contributed by atoms with van der Waals surface area (Å²) in [5.41, 5.74) is 5.48. The van der Waals surface area contributed by atoms with Crippen LogP contribution in [0, 0.1) is 0 Å². The first-order valence-corrected chi connectivity index (χ1v) is 3.16. The number of hydrogen-bond acceptors (Lipinski definition) is 2. The van der Waals surface area contributed by atoms with Gasteiger partial charge in [-0.2, -0.15) is 0 Å². The van der Waals surface area contributed by atoms with Crippen molar-refractivity contribution in [1.29, 1.82) is 0 Å². The maximum absolute atomic E-state index is 9.00. The van der Waals surface area contributed by atoms with Gasteiger partial charge in [0.2, 0.25) is 0 Å². The van der Waals surface area contributed by atoms with Gasteiger partial charge in [0.15, 0.2) is 0 Å². The second kappa shape index (κ2) is 3.87. The minimum Gasteiger partial charge on any atom is -0.392 e. The van der Waals surface area contributed by atoms with Gasteiger partial charge in [-0.15, -0.1) is 0 Å². The van der Waals surface area contributed by atoms with Crippen molar-refractivity contribution in [2.45, 2.75) is 38.8 Å². The zero-order valence-electron chi connectivity index (χ0n) is 5.59. The molecule has 0 aliphatic heterocycles. The van der Waals surface area contributed by atoms with E-state index in [4.69, 9.17) is 10.8 Å². The van der Waals surface area contributed by atoms with Crippen LogP contribution in [-0.4, -0.2) is 17.3 Å². The van der Waals surface area contributed by atoms with Crippen molar-refractivity contribution in [1.82, 2.24) is 0 Å². The van der Waals surface area contributed by atoms with Crippen molar-refractivity contribution < 1.29 is 5.11 Å². The number of nitrogens with two attached hydrogens (primary N) is 1. The Morgan fingerprint density at radius 1 is 1.38 bits per heavy atom. The molecule has 2 atom stereocenters. The van der Waals surface area contributed by atoms with E-state index in [1.54, 1.807) is 0 Å². The van der Waals surface area contributed by atoms with E-state index >= 15 is 0 Å². The minimum atomic E-state index is -0.306. The van der Waals surface area contributed by atoms with Crippen molar-refractivity contribution >= 4 is 0 Å². The van der Waals surface area contributed by atoms with E-state index in [9.17, 15) is 0 Å². The molecule has 50 valence electrons. The fourth-order valence-corrected chi connectivity index (χ4v) is 0.575. The van der Waals surface area contributed by atoms with Crippen LogP contribution in [0.4, 0.5) is 0 Å². The topological polar surface area (TPSA) is 46.2 Å². The first kappa shape index (κ1) is 7.92. The quantitative estimate of drug-likeness (QED) is 0.565. The number of aliphatic hydroxyl groups excluding tert-OH is 1. The van der Waals surface area contributed by atoms with Crippen molar-refractivity contribution in [3.63, 3.8) is 0 Å². The van der Waals surface area contributed by atoms with Gasteiger partial charge in [-0.3, -0.25) is 0 Å². The lowest BCUT2D eigenvalue weighted by molar-refractivity contribution is 0.138. The highest BCUT2D eigenvalue weighted by Crippen LogP contribution is 1.97. The monoisotopic (exact) mass is 117 g/mol. The highest BCUT2D eigenvalue weighted by Gasteiger charge is 2.08. The van der Waals surface area contributed by atoms with Crippen LogP contribution in [0.25, 0.3) is 0 Å². The summed E-state index contributed by atoms with van der Waals surface area (Å²) >= 11 is 0.